The number of rotatable bonds is 3. The van der Waals surface area contributed by atoms with Gasteiger partial charge in [-0.3, -0.25) is 4.79 Å². The van der Waals surface area contributed by atoms with Gasteiger partial charge in [0, 0.05) is 12.2 Å². The van der Waals surface area contributed by atoms with Crippen LogP contribution in [0.25, 0.3) is 0 Å². The zero-order valence-electron chi connectivity index (χ0n) is 11.3. The highest BCUT2D eigenvalue weighted by molar-refractivity contribution is 6.00. The number of nitrogens with zero attached hydrogens (tertiary/aromatic N) is 1. The molecule has 0 unspecified atom stereocenters. The van der Waals surface area contributed by atoms with Gasteiger partial charge in [0.25, 0.3) is 0 Å². The van der Waals surface area contributed by atoms with Crippen LogP contribution in [0.4, 0.5) is 17.1 Å². The van der Waals surface area contributed by atoms with Crippen LogP contribution in [-0.4, -0.2) is 5.91 Å². The zero-order chi connectivity index (χ0) is 14.8. The summed E-state index contributed by atoms with van der Waals surface area (Å²) < 4.78 is 0. The first-order valence-electron chi connectivity index (χ1n) is 6.61. The van der Waals surface area contributed by atoms with Gasteiger partial charge < -0.3 is 16.4 Å². The number of fused-ring (bicyclic) bond motifs is 1. The molecule has 0 spiro atoms. The molecule has 2 aromatic rings. The molecule has 5 heteroatoms. The van der Waals surface area contributed by atoms with E-state index in [0.717, 1.165) is 22.5 Å². The smallest absolute Gasteiger partial charge is 0.228 e. The van der Waals surface area contributed by atoms with Gasteiger partial charge in [-0.2, -0.15) is 5.26 Å². The third-order valence-corrected chi connectivity index (χ3v) is 3.47. The average Bonchev–Trinajstić information content (AvgIpc) is 2.84. The van der Waals surface area contributed by atoms with Crippen molar-refractivity contribution in [1.82, 2.24) is 0 Å². The first-order chi connectivity index (χ1) is 10.2. The summed E-state index contributed by atoms with van der Waals surface area (Å²) >= 11 is 0. The van der Waals surface area contributed by atoms with Crippen LogP contribution < -0.4 is 16.4 Å². The van der Waals surface area contributed by atoms with E-state index in [1.54, 1.807) is 12.1 Å². The van der Waals surface area contributed by atoms with Crippen molar-refractivity contribution in [2.75, 3.05) is 16.4 Å². The van der Waals surface area contributed by atoms with Crippen molar-refractivity contribution in [3.63, 3.8) is 0 Å². The van der Waals surface area contributed by atoms with E-state index in [4.69, 9.17) is 11.0 Å². The van der Waals surface area contributed by atoms with Gasteiger partial charge in [0.1, 0.15) is 0 Å². The molecule has 0 atom stereocenters. The van der Waals surface area contributed by atoms with E-state index in [9.17, 15) is 4.79 Å². The van der Waals surface area contributed by atoms with Crippen molar-refractivity contribution in [2.24, 2.45) is 0 Å². The number of benzene rings is 2. The van der Waals surface area contributed by atoms with Gasteiger partial charge in [0.15, 0.2) is 0 Å². The van der Waals surface area contributed by atoms with E-state index in [1.807, 2.05) is 24.3 Å². The van der Waals surface area contributed by atoms with Gasteiger partial charge >= 0.3 is 0 Å². The Morgan fingerprint density at radius 3 is 2.76 bits per heavy atom. The lowest BCUT2D eigenvalue weighted by molar-refractivity contribution is -0.115. The van der Waals surface area contributed by atoms with Crippen LogP contribution in [0.15, 0.2) is 36.4 Å². The second kappa shape index (κ2) is 5.17. The minimum atomic E-state index is -0.00589. The molecule has 3 rings (SSSR count). The molecule has 0 aliphatic carbocycles. The molecule has 1 amide bonds. The number of nitriles is 1. The number of nitrogens with two attached hydrogens (primary N) is 1. The topological polar surface area (TPSA) is 90.9 Å². The molecule has 1 aliphatic rings. The summed E-state index contributed by atoms with van der Waals surface area (Å²) in [6.45, 7) is 0.600. The molecular weight excluding hydrogens is 264 g/mol. The summed E-state index contributed by atoms with van der Waals surface area (Å²) in [6.07, 6.45) is 0.384. The Bertz CT molecular complexity index is 744. The Balaban J connectivity index is 1.75. The number of nitrogens with one attached hydrogen (secondary N) is 2. The van der Waals surface area contributed by atoms with Crippen LogP contribution in [0.5, 0.6) is 0 Å². The molecule has 0 saturated heterocycles. The van der Waals surface area contributed by atoms with Crippen molar-refractivity contribution < 1.29 is 4.79 Å². The minimum Gasteiger partial charge on any atom is -0.397 e. The largest absolute Gasteiger partial charge is 0.397 e. The summed E-state index contributed by atoms with van der Waals surface area (Å²) in [5.74, 6) is -0.00589. The Labute approximate surface area is 122 Å². The van der Waals surface area contributed by atoms with E-state index in [1.165, 1.54) is 0 Å². The van der Waals surface area contributed by atoms with Crippen LogP contribution >= 0.6 is 0 Å². The van der Waals surface area contributed by atoms with Crippen LogP contribution in [0.2, 0.25) is 0 Å². The van der Waals surface area contributed by atoms with E-state index >= 15 is 0 Å². The van der Waals surface area contributed by atoms with Crippen LogP contribution in [0, 0.1) is 11.3 Å². The molecule has 2 aromatic carbocycles. The number of amides is 1. The molecule has 1 aliphatic heterocycles. The number of anilines is 3. The summed E-state index contributed by atoms with van der Waals surface area (Å²) in [5.41, 5.74) is 10.9. The number of nitrogen functional groups attached to an aromatic ring is 1. The van der Waals surface area contributed by atoms with Crippen LogP contribution in [-0.2, 0) is 17.8 Å². The third kappa shape index (κ3) is 2.65. The summed E-state index contributed by atoms with van der Waals surface area (Å²) in [6, 6.07) is 13.1. The first-order valence-corrected chi connectivity index (χ1v) is 6.61. The monoisotopic (exact) mass is 278 g/mol. The lowest BCUT2D eigenvalue weighted by Crippen LogP contribution is -2.04. The summed E-state index contributed by atoms with van der Waals surface area (Å²) in [7, 11) is 0. The number of carbonyl (C=O) groups excluding carboxylic acids is 1. The highest BCUT2D eigenvalue weighted by Crippen LogP contribution is 2.31. The predicted octanol–water partition coefficient (Wildman–Crippen LogP) is 2.25. The molecule has 0 radical (unpaired) electrons. The molecule has 0 bridgehead atoms. The second-order valence-electron chi connectivity index (χ2n) is 4.98. The maximum atomic E-state index is 11.4. The highest BCUT2D eigenvalue weighted by atomic mass is 16.1. The average molecular weight is 278 g/mol. The lowest BCUT2D eigenvalue weighted by atomic mass is 10.1. The maximum Gasteiger partial charge on any atom is 0.228 e. The Morgan fingerprint density at radius 1 is 1.29 bits per heavy atom. The molecule has 0 aromatic heterocycles. The van der Waals surface area contributed by atoms with Crippen molar-refractivity contribution >= 4 is 23.0 Å². The minimum absolute atomic E-state index is 0.00589. The maximum absolute atomic E-state index is 11.4. The predicted molar refractivity (Wildman–Crippen MR) is 81.7 cm³/mol. The first kappa shape index (κ1) is 13.0. The van der Waals surface area contributed by atoms with Crippen LogP contribution in [0.1, 0.15) is 16.7 Å². The molecule has 4 N–H and O–H groups in total. The Hall–Kier alpha value is -3.00. The standard InChI is InChI=1S/C16H14N4O/c17-8-10-1-3-11(4-2-10)9-19-15-7-14-12(5-13(15)18)6-16(21)20-14/h1-5,7,19H,6,9,18H2,(H,20,21). The van der Waals surface area contributed by atoms with E-state index in [2.05, 4.69) is 16.7 Å². The van der Waals surface area contributed by atoms with Crippen molar-refractivity contribution in [3.8, 4) is 6.07 Å². The molecule has 1 heterocycles. The van der Waals surface area contributed by atoms with E-state index in [-0.39, 0.29) is 5.91 Å². The Morgan fingerprint density at radius 2 is 2.05 bits per heavy atom. The van der Waals surface area contributed by atoms with Gasteiger partial charge in [-0.25, -0.2) is 0 Å². The molecule has 0 saturated carbocycles. The van der Waals surface area contributed by atoms with Crippen molar-refractivity contribution in [1.29, 1.82) is 5.26 Å². The van der Waals surface area contributed by atoms with Gasteiger partial charge in [-0.1, -0.05) is 12.1 Å². The normalized spacial score (nSPS) is 12.4. The third-order valence-electron chi connectivity index (χ3n) is 3.47. The number of hydrogen-bond donors (Lipinski definition) is 3. The van der Waals surface area contributed by atoms with E-state index < -0.39 is 0 Å². The van der Waals surface area contributed by atoms with Crippen LogP contribution in [0.3, 0.4) is 0 Å². The van der Waals surface area contributed by atoms with Gasteiger partial charge in [0.2, 0.25) is 5.91 Å². The van der Waals surface area contributed by atoms with Gasteiger partial charge in [0.05, 0.1) is 29.4 Å². The molecule has 5 nitrogen and oxygen atoms in total. The fourth-order valence-corrected chi connectivity index (χ4v) is 2.34. The second-order valence-corrected chi connectivity index (χ2v) is 4.98. The SMILES string of the molecule is N#Cc1ccc(CNc2cc3c(cc2N)CC(=O)N3)cc1. The molecular formula is C16H14N4O. The molecule has 0 fully saturated rings. The van der Waals surface area contributed by atoms with E-state index in [0.29, 0.717) is 24.2 Å². The fourth-order valence-electron chi connectivity index (χ4n) is 2.34. The zero-order valence-corrected chi connectivity index (χ0v) is 11.3. The fraction of sp³-hybridized carbons (Fsp3) is 0.125. The summed E-state index contributed by atoms with van der Waals surface area (Å²) in [4.78, 5) is 11.4. The van der Waals surface area contributed by atoms with Crippen molar-refractivity contribution in [3.05, 3.63) is 53.1 Å². The summed E-state index contributed by atoms with van der Waals surface area (Å²) in [5, 5.41) is 14.8. The van der Waals surface area contributed by atoms with Gasteiger partial charge in [-0.05, 0) is 35.4 Å². The van der Waals surface area contributed by atoms with Gasteiger partial charge in [-0.15, -0.1) is 0 Å². The quantitative estimate of drug-likeness (QED) is 0.751. The number of carbonyl (C=O) groups is 1. The lowest BCUT2D eigenvalue weighted by Gasteiger charge is -2.11. The highest BCUT2D eigenvalue weighted by Gasteiger charge is 2.19. The van der Waals surface area contributed by atoms with Crippen molar-refractivity contribution in [2.45, 2.75) is 13.0 Å². The molecule has 104 valence electrons. The number of hydrogen-bond acceptors (Lipinski definition) is 4. The Kier molecular flexibility index (Phi) is 3.20. The molecule has 21 heavy (non-hydrogen) atoms.